The minimum Gasteiger partial charge on any atom is -0.285 e. The number of amides is 1. The fourth-order valence-corrected chi connectivity index (χ4v) is 4.93. The number of halogens is 2. The van der Waals surface area contributed by atoms with Crippen molar-refractivity contribution in [1.29, 1.82) is 0 Å². The van der Waals surface area contributed by atoms with E-state index in [4.69, 9.17) is 16.7 Å². The third-order valence-electron chi connectivity index (χ3n) is 6.05. The van der Waals surface area contributed by atoms with Gasteiger partial charge in [-0.1, -0.05) is 76.9 Å². The molecule has 1 N–H and O–H groups in total. The summed E-state index contributed by atoms with van der Waals surface area (Å²) in [5, 5.41) is 9.19. The molecule has 2 aliphatic rings. The van der Waals surface area contributed by atoms with Crippen molar-refractivity contribution in [1.82, 2.24) is 5.43 Å². The Hall–Kier alpha value is -2.83. The average Bonchev–Trinajstić information content (AvgIpc) is 3.36. The van der Waals surface area contributed by atoms with E-state index in [1.165, 1.54) is 5.56 Å². The molecule has 0 saturated heterocycles. The van der Waals surface area contributed by atoms with E-state index in [0.717, 1.165) is 34.4 Å². The minimum atomic E-state index is -0.189. The van der Waals surface area contributed by atoms with Crippen molar-refractivity contribution in [2.75, 3.05) is 16.6 Å². The van der Waals surface area contributed by atoms with Gasteiger partial charge < -0.3 is 0 Å². The molecule has 3 aromatic carbocycles. The summed E-state index contributed by atoms with van der Waals surface area (Å²) in [6.45, 7) is 2.79. The molecule has 5 rings (SSSR count). The van der Waals surface area contributed by atoms with Gasteiger partial charge in [0, 0.05) is 16.9 Å². The number of para-hydroxylation sites is 2. The van der Waals surface area contributed by atoms with Gasteiger partial charge in [0.05, 0.1) is 22.4 Å². The summed E-state index contributed by atoms with van der Waals surface area (Å²) in [6.07, 6.45) is 0.908. The monoisotopic (exact) mass is 508 g/mol. The first kappa shape index (κ1) is 21.0. The number of hydrazone groups is 1. The zero-order chi connectivity index (χ0) is 22.2. The molecule has 0 aromatic heterocycles. The van der Waals surface area contributed by atoms with Crippen LogP contribution in [0.1, 0.15) is 24.1 Å². The Balaban J connectivity index is 1.48. The van der Waals surface area contributed by atoms with Gasteiger partial charge in [-0.2, -0.15) is 5.10 Å². The Morgan fingerprint density at radius 3 is 2.47 bits per heavy atom. The summed E-state index contributed by atoms with van der Waals surface area (Å²) >= 11 is 10.0. The maximum atomic E-state index is 13.4. The quantitative estimate of drug-likeness (QED) is 0.487. The third-order valence-corrected chi connectivity index (χ3v) is 6.90. The number of benzene rings is 3. The molecule has 32 heavy (non-hydrogen) atoms. The van der Waals surface area contributed by atoms with E-state index in [1.54, 1.807) is 0 Å². The van der Waals surface area contributed by atoms with Crippen LogP contribution in [0.5, 0.6) is 0 Å². The van der Waals surface area contributed by atoms with E-state index in [-0.39, 0.29) is 17.9 Å². The Bertz CT molecular complexity index is 1200. The fourth-order valence-electron chi connectivity index (χ4n) is 4.45. The number of hydrogen-bond acceptors (Lipinski definition) is 4. The third kappa shape index (κ3) is 3.78. The van der Waals surface area contributed by atoms with Gasteiger partial charge in [0.1, 0.15) is 5.71 Å². The van der Waals surface area contributed by atoms with Crippen molar-refractivity contribution in [3.05, 3.63) is 93.4 Å². The van der Waals surface area contributed by atoms with Gasteiger partial charge in [0.25, 0.3) is 5.91 Å². The average molecular weight is 510 g/mol. The van der Waals surface area contributed by atoms with Gasteiger partial charge in [-0.15, -0.1) is 0 Å². The number of anilines is 2. The molecule has 0 spiro atoms. The molecule has 7 heteroatoms. The normalized spacial score (nSPS) is 19.7. The van der Waals surface area contributed by atoms with E-state index >= 15 is 0 Å². The molecule has 5 nitrogen and oxygen atoms in total. The molecule has 0 radical (unpaired) electrons. The van der Waals surface area contributed by atoms with Crippen LogP contribution < -0.4 is 15.4 Å². The van der Waals surface area contributed by atoms with E-state index in [1.807, 2.05) is 71.5 Å². The second-order valence-corrected chi connectivity index (χ2v) is 9.36. The lowest BCUT2D eigenvalue weighted by atomic mass is 9.91. The molecule has 2 heterocycles. The zero-order valence-corrected chi connectivity index (χ0v) is 19.8. The largest absolute Gasteiger partial charge is 0.286 e. The number of carbonyl (C=O) groups is 1. The number of hydrazine groups is 1. The standard InChI is InChI=1S/C25H22BrClN4O/c1-16-23(25(32)29-30-15-14-17-6-2-4-8-21(17)30)28-31(22-9-5-3-7-20(22)27)24(16)18-10-12-19(26)13-11-18/h2-13,16,24H,14-15H2,1H3,(H,29,32). The highest BCUT2D eigenvalue weighted by atomic mass is 79.9. The maximum absolute atomic E-state index is 13.4. The molecular formula is C25H22BrClN4O. The van der Waals surface area contributed by atoms with Crippen LogP contribution in [0.25, 0.3) is 0 Å². The number of carbonyl (C=O) groups excluding carboxylic acids is 1. The Kier molecular flexibility index (Phi) is 5.66. The molecule has 3 aromatic rings. The first-order chi connectivity index (χ1) is 15.5. The first-order valence-corrected chi connectivity index (χ1v) is 11.7. The van der Waals surface area contributed by atoms with Gasteiger partial charge >= 0.3 is 0 Å². The highest BCUT2D eigenvalue weighted by molar-refractivity contribution is 9.10. The van der Waals surface area contributed by atoms with Crippen LogP contribution in [-0.4, -0.2) is 18.2 Å². The van der Waals surface area contributed by atoms with Crippen molar-refractivity contribution in [3.8, 4) is 0 Å². The van der Waals surface area contributed by atoms with Crippen LogP contribution in [0.4, 0.5) is 11.4 Å². The van der Waals surface area contributed by atoms with Crippen LogP contribution in [0.2, 0.25) is 5.02 Å². The van der Waals surface area contributed by atoms with Crippen molar-refractivity contribution < 1.29 is 4.79 Å². The van der Waals surface area contributed by atoms with Crippen molar-refractivity contribution in [3.63, 3.8) is 0 Å². The summed E-state index contributed by atoms with van der Waals surface area (Å²) in [5.41, 5.74) is 7.69. The van der Waals surface area contributed by atoms with Gasteiger partial charge in [0.15, 0.2) is 0 Å². The maximum Gasteiger partial charge on any atom is 0.286 e. The lowest BCUT2D eigenvalue weighted by molar-refractivity contribution is -0.115. The van der Waals surface area contributed by atoms with Crippen molar-refractivity contribution in [2.24, 2.45) is 11.0 Å². The van der Waals surface area contributed by atoms with Gasteiger partial charge in [0.2, 0.25) is 0 Å². The fraction of sp³-hybridized carbons (Fsp3) is 0.200. The van der Waals surface area contributed by atoms with Crippen LogP contribution in [0.15, 0.2) is 82.4 Å². The summed E-state index contributed by atoms with van der Waals surface area (Å²) in [5.74, 6) is -0.323. The predicted octanol–water partition coefficient (Wildman–Crippen LogP) is 5.75. The Morgan fingerprint density at radius 1 is 1.03 bits per heavy atom. The lowest BCUT2D eigenvalue weighted by Crippen LogP contribution is -2.45. The number of rotatable bonds is 4. The van der Waals surface area contributed by atoms with E-state index in [9.17, 15) is 4.79 Å². The number of hydrogen-bond donors (Lipinski definition) is 1. The minimum absolute atomic E-state index is 0.134. The Morgan fingerprint density at radius 2 is 1.72 bits per heavy atom. The molecule has 0 aliphatic carbocycles. The van der Waals surface area contributed by atoms with E-state index < -0.39 is 0 Å². The molecule has 0 saturated carbocycles. The molecule has 162 valence electrons. The molecule has 2 aliphatic heterocycles. The molecule has 0 bridgehead atoms. The smallest absolute Gasteiger partial charge is 0.285 e. The summed E-state index contributed by atoms with van der Waals surface area (Å²) in [7, 11) is 0. The van der Waals surface area contributed by atoms with Gasteiger partial charge in [-0.25, -0.2) is 0 Å². The van der Waals surface area contributed by atoms with Crippen LogP contribution in [-0.2, 0) is 11.2 Å². The van der Waals surface area contributed by atoms with E-state index in [2.05, 4.69) is 39.6 Å². The number of nitrogens with zero attached hydrogens (tertiary/aromatic N) is 3. The van der Waals surface area contributed by atoms with Gasteiger partial charge in [-0.05, 0) is 47.9 Å². The summed E-state index contributed by atoms with van der Waals surface area (Å²) in [6, 6.07) is 23.7. The molecule has 1 amide bonds. The first-order valence-electron chi connectivity index (χ1n) is 10.6. The predicted molar refractivity (Wildman–Crippen MR) is 133 cm³/mol. The van der Waals surface area contributed by atoms with Crippen LogP contribution in [0.3, 0.4) is 0 Å². The highest BCUT2D eigenvalue weighted by Gasteiger charge is 2.40. The molecule has 2 unspecified atom stereocenters. The molecule has 2 atom stereocenters. The Labute approximate surface area is 200 Å². The van der Waals surface area contributed by atoms with Crippen molar-refractivity contribution >= 4 is 50.5 Å². The van der Waals surface area contributed by atoms with Crippen molar-refractivity contribution in [2.45, 2.75) is 19.4 Å². The summed E-state index contributed by atoms with van der Waals surface area (Å²) in [4.78, 5) is 13.4. The topological polar surface area (TPSA) is 47.9 Å². The van der Waals surface area contributed by atoms with Gasteiger partial charge in [-0.3, -0.25) is 20.2 Å². The molecular weight excluding hydrogens is 488 g/mol. The second-order valence-electron chi connectivity index (χ2n) is 8.04. The second kappa shape index (κ2) is 8.60. The highest BCUT2D eigenvalue weighted by Crippen LogP contribution is 2.42. The number of nitrogens with one attached hydrogen (secondary N) is 1. The molecule has 0 fully saturated rings. The van der Waals surface area contributed by atoms with Crippen LogP contribution in [0, 0.1) is 5.92 Å². The summed E-state index contributed by atoms with van der Waals surface area (Å²) < 4.78 is 1.00. The van der Waals surface area contributed by atoms with Crippen LogP contribution >= 0.6 is 27.5 Å². The lowest BCUT2D eigenvalue weighted by Gasteiger charge is -2.27. The van der Waals surface area contributed by atoms with E-state index in [0.29, 0.717) is 10.7 Å². The zero-order valence-electron chi connectivity index (χ0n) is 17.5. The number of fused-ring (bicyclic) bond motifs is 1. The SMILES string of the molecule is CC1C(C(=O)NN2CCc3ccccc32)=NN(c2ccccc2Cl)C1c1ccc(Br)cc1.